The molecule has 2 amide bonds. The van der Waals surface area contributed by atoms with Gasteiger partial charge in [-0.15, -0.1) is 0 Å². The topological polar surface area (TPSA) is 58.2 Å². The fourth-order valence-electron chi connectivity index (χ4n) is 1.76. The van der Waals surface area contributed by atoms with Crippen LogP contribution in [0.1, 0.15) is 31.1 Å². The number of carbonyl (C=O) groups is 2. The summed E-state index contributed by atoms with van der Waals surface area (Å²) >= 11 is 2.21. The van der Waals surface area contributed by atoms with Gasteiger partial charge in [-0.3, -0.25) is 9.59 Å². The normalized spacial score (nSPS) is 11.0. The molecular formula is C18H19IN2O2. The Kier molecular flexibility index (Phi) is 5.41. The average Bonchev–Trinajstić information content (AvgIpc) is 2.49. The van der Waals surface area contributed by atoms with Gasteiger partial charge in [0.05, 0.1) is 0 Å². The van der Waals surface area contributed by atoms with Gasteiger partial charge in [-0.05, 0) is 71.1 Å². The van der Waals surface area contributed by atoms with Crippen LogP contribution in [0.15, 0.2) is 48.5 Å². The van der Waals surface area contributed by atoms with Crippen LogP contribution in [0, 0.1) is 8.99 Å². The van der Waals surface area contributed by atoms with E-state index in [1.807, 2.05) is 45.0 Å². The van der Waals surface area contributed by atoms with Crippen molar-refractivity contribution in [1.82, 2.24) is 0 Å². The molecule has 4 nitrogen and oxygen atoms in total. The lowest BCUT2D eigenvalue weighted by Gasteiger charge is -2.17. The van der Waals surface area contributed by atoms with Crippen molar-refractivity contribution in [2.24, 2.45) is 5.41 Å². The number of rotatable bonds is 3. The second-order valence-corrected chi connectivity index (χ2v) is 7.49. The Bertz CT molecular complexity index is 701. The lowest BCUT2D eigenvalue weighted by Crippen LogP contribution is -2.27. The van der Waals surface area contributed by atoms with Crippen LogP contribution in [0.4, 0.5) is 11.4 Å². The number of anilines is 2. The first kappa shape index (κ1) is 17.5. The molecule has 0 bridgehead atoms. The number of hydrogen-bond acceptors (Lipinski definition) is 2. The van der Waals surface area contributed by atoms with E-state index in [-0.39, 0.29) is 11.8 Å². The Hall–Kier alpha value is -1.89. The third-order valence-electron chi connectivity index (χ3n) is 3.19. The van der Waals surface area contributed by atoms with Crippen LogP contribution in [0.5, 0.6) is 0 Å². The molecule has 2 aromatic carbocycles. The minimum atomic E-state index is -0.457. The molecule has 0 spiro atoms. The summed E-state index contributed by atoms with van der Waals surface area (Å²) in [6, 6.07) is 14.4. The van der Waals surface area contributed by atoms with Gasteiger partial charge in [0.1, 0.15) is 0 Å². The van der Waals surface area contributed by atoms with Crippen LogP contribution in [0.3, 0.4) is 0 Å². The summed E-state index contributed by atoms with van der Waals surface area (Å²) in [4.78, 5) is 24.1. The molecule has 2 aromatic rings. The number of hydrogen-bond donors (Lipinski definition) is 2. The number of nitrogens with one attached hydrogen (secondary N) is 2. The smallest absolute Gasteiger partial charge is 0.255 e. The van der Waals surface area contributed by atoms with Crippen molar-refractivity contribution in [1.29, 1.82) is 0 Å². The van der Waals surface area contributed by atoms with Crippen molar-refractivity contribution in [2.45, 2.75) is 20.8 Å². The molecule has 5 heteroatoms. The highest BCUT2D eigenvalue weighted by Crippen LogP contribution is 2.18. The first-order valence-corrected chi connectivity index (χ1v) is 8.32. The van der Waals surface area contributed by atoms with Crippen molar-refractivity contribution in [2.75, 3.05) is 10.6 Å². The zero-order valence-electron chi connectivity index (χ0n) is 13.3. The fraction of sp³-hybridized carbons (Fsp3) is 0.222. The highest BCUT2D eigenvalue weighted by molar-refractivity contribution is 14.1. The quantitative estimate of drug-likeness (QED) is 0.715. The lowest BCUT2D eigenvalue weighted by atomic mass is 9.95. The Morgan fingerprint density at radius 2 is 1.30 bits per heavy atom. The van der Waals surface area contributed by atoms with E-state index < -0.39 is 5.41 Å². The number of halogens is 1. The third kappa shape index (κ3) is 5.06. The first-order valence-electron chi connectivity index (χ1n) is 7.24. The van der Waals surface area contributed by atoms with E-state index in [1.165, 1.54) is 0 Å². The minimum absolute atomic E-state index is 0.0615. The van der Waals surface area contributed by atoms with E-state index in [2.05, 4.69) is 33.2 Å². The Labute approximate surface area is 149 Å². The molecule has 2 N–H and O–H groups in total. The molecular weight excluding hydrogens is 403 g/mol. The van der Waals surface area contributed by atoms with Crippen molar-refractivity contribution < 1.29 is 9.59 Å². The summed E-state index contributed by atoms with van der Waals surface area (Å²) < 4.78 is 1.11. The molecule has 0 saturated carbocycles. The summed E-state index contributed by atoms with van der Waals surface area (Å²) in [5, 5.41) is 5.67. The van der Waals surface area contributed by atoms with Gasteiger partial charge in [-0.25, -0.2) is 0 Å². The standard InChI is InChI=1S/C18H19IN2O2/c1-18(2,3)17(23)21-15-8-4-12(5-9-15)16(22)20-14-10-6-13(19)7-11-14/h4-11H,1-3H3,(H,20,22)(H,21,23). The molecule has 0 saturated heterocycles. The fourth-order valence-corrected chi connectivity index (χ4v) is 2.12. The van der Waals surface area contributed by atoms with E-state index >= 15 is 0 Å². The summed E-state index contributed by atoms with van der Waals surface area (Å²) in [5.41, 5.74) is 1.51. The van der Waals surface area contributed by atoms with Crippen molar-refractivity contribution in [3.05, 3.63) is 57.7 Å². The van der Waals surface area contributed by atoms with Crippen LogP contribution in [-0.4, -0.2) is 11.8 Å². The largest absolute Gasteiger partial charge is 0.326 e. The van der Waals surface area contributed by atoms with Gasteiger partial charge in [-0.2, -0.15) is 0 Å². The Morgan fingerprint density at radius 3 is 1.83 bits per heavy atom. The minimum Gasteiger partial charge on any atom is -0.326 e. The molecule has 0 unspecified atom stereocenters. The molecule has 2 rings (SSSR count). The summed E-state index contributed by atoms with van der Waals surface area (Å²) in [7, 11) is 0. The van der Waals surface area contributed by atoms with E-state index in [4.69, 9.17) is 0 Å². The molecule has 23 heavy (non-hydrogen) atoms. The van der Waals surface area contributed by atoms with Gasteiger partial charge in [0.15, 0.2) is 0 Å². The van der Waals surface area contributed by atoms with E-state index in [0.717, 1.165) is 9.26 Å². The second kappa shape index (κ2) is 7.12. The number of amides is 2. The molecule has 0 aliphatic heterocycles. The highest BCUT2D eigenvalue weighted by atomic mass is 127. The molecule has 0 heterocycles. The van der Waals surface area contributed by atoms with Crippen LogP contribution in [0.2, 0.25) is 0 Å². The zero-order chi connectivity index (χ0) is 17.0. The van der Waals surface area contributed by atoms with Crippen LogP contribution >= 0.6 is 22.6 Å². The van der Waals surface area contributed by atoms with Gasteiger partial charge in [0.25, 0.3) is 5.91 Å². The first-order chi connectivity index (χ1) is 10.8. The van der Waals surface area contributed by atoms with Crippen molar-refractivity contribution >= 4 is 45.8 Å². The summed E-state index contributed by atoms with van der Waals surface area (Å²) in [6.07, 6.45) is 0. The third-order valence-corrected chi connectivity index (χ3v) is 3.91. The maximum Gasteiger partial charge on any atom is 0.255 e. The molecule has 0 radical (unpaired) electrons. The summed E-state index contributed by atoms with van der Waals surface area (Å²) in [6.45, 7) is 5.56. The van der Waals surface area contributed by atoms with E-state index in [9.17, 15) is 9.59 Å². The van der Waals surface area contributed by atoms with Gasteiger partial charge in [-0.1, -0.05) is 20.8 Å². The molecule has 120 valence electrons. The molecule has 0 fully saturated rings. The van der Waals surface area contributed by atoms with E-state index in [1.54, 1.807) is 24.3 Å². The highest BCUT2D eigenvalue weighted by Gasteiger charge is 2.21. The van der Waals surface area contributed by atoms with Gasteiger partial charge < -0.3 is 10.6 Å². The number of carbonyl (C=O) groups excluding carboxylic acids is 2. The molecule has 0 aromatic heterocycles. The van der Waals surface area contributed by atoms with Crippen LogP contribution in [-0.2, 0) is 4.79 Å². The lowest BCUT2D eigenvalue weighted by molar-refractivity contribution is -0.123. The monoisotopic (exact) mass is 422 g/mol. The van der Waals surface area contributed by atoms with Gasteiger partial charge in [0.2, 0.25) is 5.91 Å². The molecule has 0 aliphatic carbocycles. The Morgan fingerprint density at radius 1 is 0.826 bits per heavy atom. The van der Waals surface area contributed by atoms with Crippen molar-refractivity contribution in [3.8, 4) is 0 Å². The van der Waals surface area contributed by atoms with Crippen LogP contribution < -0.4 is 10.6 Å². The molecule has 0 aliphatic rings. The van der Waals surface area contributed by atoms with Gasteiger partial charge in [0, 0.05) is 25.9 Å². The average molecular weight is 422 g/mol. The predicted molar refractivity (Wildman–Crippen MR) is 102 cm³/mol. The maximum absolute atomic E-state index is 12.2. The van der Waals surface area contributed by atoms with E-state index in [0.29, 0.717) is 11.3 Å². The Balaban J connectivity index is 2.02. The van der Waals surface area contributed by atoms with Crippen LogP contribution in [0.25, 0.3) is 0 Å². The SMILES string of the molecule is CC(C)(C)C(=O)Nc1ccc(C(=O)Nc2ccc(I)cc2)cc1. The van der Waals surface area contributed by atoms with Gasteiger partial charge >= 0.3 is 0 Å². The number of benzene rings is 2. The molecule has 0 atom stereocenters. The predicted octanol–water partition coefficient (Wildman–Crippen LogP) is 4.53. The second-order valence-electron chi connectivity index (χ2n) is 6.24. The maximum atomic E-state index is 12.2. The van der Waals surface area contributed by atoms with Crippen molar-refractivity contribution in [3.63, 3.8) is 0 Å². The zero-order valence-corrected chi connectivity index (χ0v) is 15.5. The summed E-state index contributed by atoms with van der Waals surface area (Å²) in [5.74, 6) is -0.242.